The molecule has 0 aliphatic rings. The topological polar surface area (TPSA) is 52.3 Å². The van der Waals surface area contributed by atoms with Crippen LogP contribution in [0.5, 0.6) is 0 Å². The van der Waals surface area contributed by atoms with Gasteiger partial charge in [-0.3, -0.25) is 4.79 Å². The summed E-state index contributed by atoms with van der Waals surface area (Å²) >= 11 is 0. The van der Waals surface area contributed by atoms with Crippen LogP contribution < -0.4 is 5.73 Å². The molecule has 0 unspecified atom stereocenters. The first-order valence-electron chi connectivity index (χ1n) is 3.85. The Morgan fingerprint density at radius 3 is 2.45 bits per heavy atom. The fourth-order valence-electron chi connectivity index (χ4n) is 0.504. The van der Waals surface area contributed by atoms with E-state index in [1.165, 1.54) is 0 Å². The number of carbonyl (C=O) groups excluding carboxylic acids is 1. The molecule has 0 spiro atoms. The zero-order valence-corrected chi connectivity index (χ0v) is 7.52. The SMILES string of the molecule is CCOCC(=O)C(C)(C)CN. The molecule has 66 valence electrons. The first-order valence-corrected chi connectivity index (χ1v) is 3.85. The second-order valence-electron chi connectivity index (χ2n) is 3.15. The minimum Gasteiger partial charge on any atom is -0.374 e. The third kappa shape index (κ3) is 3.49. The van der Waals surface area contributed by atoms with Gasteiger partial charge in [0, 0.05) is 18.6 Å². The lowest BCUT2D eigenvalue weighted by atomic mass is 9.89. The molecule has 0 heterocycles. The van der Waals surface area contributed by atoms with Crippen molar-refractivity contribution in [2.45, 2.75) is 20.8 Å². The molecule has 0 aliphatic carbocycles. The van der Waals surface area contributed by atoms with Gasteiger partial charge in [0.2, 0.25) is 0 Å². The zero-order chi connectivity index (χ0) is 8.91. The van der Waals surface area contributed by atoms with Crippen molar-refractivity contribution in [3.63, 3.8) is 0 Å². The zero-order valence-electron chi connectivity index (χ0n) is 7.52. The Kier molecular flexibility index (Phi) is 4.30. The fourth-order valence-corrected chi connectivity index (χ4v) is 0.504. The van der Waals surface area contributed by atoms with Gasteiger partial charge in [-0.15, -0.1) is 0 Å². The van der Waals surface area contributed by atoms with Crippen LogP contribution in [0.3, 0.4) is 0 Å². The molecule has 0 radical (unpaired) electrons. The minimum absolute atomic E-state index is 0.0712. The summed E-state index contributed by atoms with van der Waals surface area (Å²) in [5, 5.41) is 0. The van der Waals surface area contributed by atoms with Crippen molar-refractivity contribution < 1.29 is 9.53 Å². The first kappa shape index (κ1) is 10.6. The Morgan fingerprint density at radius 1 is 1.55 bits per heavy atom. The van der Waals surface area contributed by atoms with Gasteiger partial charge in [-0.2, -0.15) is 0 Å². The van der Waals surface area contributed by atoms with E-state index < -0.39 is 5.41 Å². The Morgan fingerprint density at radius 2 is 2.09 bits per heavy atom. The maximum Gasteiger partial charge on any atom is 0.165 e. The number of ether oxygens (including phenoxy) is 1. The second-order valence-corrected chi connectivity index (χ2v) is 3.15. The predicted molar refractivity (Wildman–Crippen MR) is 44.3 cm³/mol. The van der Waals surface area contributed by atoms with Crippen LogP contribution in [0.1, 0.15) is 20.8 Å². The highest BCUT2D eigenvalue weighted by molar-refractivity contribution is 5.85. The van der Waals surface area contributed by atoms with E-state index in [1.54, 1.807) is 0 Å². The van der Waals surface area contributed by atoms with Gasteiger partial charge < -0.3 is 10.5 Å². The number of rotatable bonds is 5. The highest BCUT2D eigenvalue weighted by Gasteiger charge is 2.24. The molecule has 2 N–H and O–H groups in total. The highest BCUT2D eigenvalue weighted by Crippen LogP contribution is 2.13. The normalized spacial score (nSPS) is 11.6. The average Bonchev–Trinajstić information content (AvgIpc) is 2.00. The summed E-state index contributed by atoms with van der Waals surface area (Å²) < 4.78 is 4.98. The summed E-state index contributed by atoms with van der Waals surface area (Å²) in [6.45, 7) is 6.65. The third-order valence-electron chi connectivity index (χ3n) is 1.70. The average molecular weight is 159 g/mol. The van der Waals surface area contributed by atoms with Crippen molar-refractivity contribution in [1.82, 2.24) is 0 Å². The standard InChI is InChI=1S/C8H17NO2/c1-4-11-5-7(10)8(2,3)6-9/h4-6,9H2,1-3H3. The minimum atomic E-state index is -0.435. The number of carbonyl (C=O) groups is 1. The largest absolute Gasteiger partial charge is 0.374 e. The monoisotopic (exact) mass is 159 g/mol. The lowest BCUT2D eigenvalue weighted by molar-refractivity contribution is -0.131. The van der Waals surface area contributed by atoms with Gasteiger partial charge >= 0.3 is 0 Å². The summed E-state index contributed by atoms with van der Waals surface area (Å²) in [5.41, 5.74) is 4.97. The Labute approximate surface area is 67.9 Å². The van der Waals surface area contributed by atoms with E-state index >= 15 is 0 Å². The van der Waals surface area contributed by atoms with E-state index in [2.05, 4.69) is 0 Å². The summed E-state index contributed by atoms with van der Waals surface area (Å²) in [5.74, 6) is 0.0712. The molecule has 0 aromatic rings. The summed E-state index contributed by atoms with van der Waals surface area (Å²) in [6.07, 6.45) is 0. The van der Waals surface area contributed by atoms with Gasteiger partial charge in [0.05, 0.1) is 0 Å². The molecular formula is C8H17NO2. The van der Waals surface area contributed by atoms with Crippen LogP contribution in [-0.4, -0.2) is 25.5 Å². The van der Waals surface area contributed by atoms with Crippen molar-refractivity contribution >= 4 is 5.78 Å². The summed E-state index contributed by atoms with van der Waals surface area (Å²) in [4.78, 5) is 11.2. The summed E-state index contributed by atoms with van der Waals surface area (Å²) in [7, 11) is 0. The quantitative estimate of drug-likeness (QED) is 0.638. The number of hydrogen-bond donors (Lipinski definition) is 1. The van der Waals surface area contributed by atoms with E-state index in [1.807, 2.05) is 20.8 Å². The van der Waals surface area contributed by atoms with E-state index in [0.717, 1.165) is 0 Å². The van der Waals surface area contributed by atoms with Crippen LogP contribution in [0, 0.1) is 5.41 Å². The van der Waals surface area contributed by atoms with Gasteiger partial charge in [-0.25, -0.2) is 0 Å². The molecule has 3 nitrogen and oxygen atoms in total. The highest BCUT2D eigenvalue weighted by atomic mass is 16.5. The van der Waals surface area contributed by atoms with Gasteiger partial charge in [0.25, 0.3) is 0 Å². The van der Waals surface area contributed by atoms with E-state index in [9.17, 15) is 4.79 Å². The lowest BCUT2D eigenvalue weighted by Crippen LogP contribution is -2.35. The maximum atomic E-state index is 11.2. The number of ketones is 1. The van der Waals surface area contributed by atoms with E-state index in [-0.39, 0.29) is 12.4 Å². The van der Waals surface area contributed by atoms with Crippen molar-refractivity contribution in [1.29, 1.82) is 0 Å². The molecule has 11 heavy (non-hydrogen) atoms. The molecule has 0 aromatic heterocycles. The summed E-state index contributed by atoms with van der Waals surface area (Å²) in [6, 6.07) is 0. The van der Waals surface area contributed by atoms with Gasteiger partial charge in [-0.1, -0.05) is 13.8 Å². The molecule has 0 rings (SSSR count). The molecule has 0 saturated carbocycles. The molecule has 0 amide bonds. The predicted octanol–water partition coefficient (Wildman–Crippen LogP) is 0.577. The second kappa shape index (κ2) is 4.46. The Balaban J connectivity index is 3.82. The maximum absolute atomic E-state index is 11.2. The van der Waals surface area contributed by atoms with Gasteiger partial charge in [0.1, 0.15) is 6.61 Å². The lowest BCUT2D eigenvalue weighted by Gasteiger charge is -2.19. The van der Waals surface area contributed by atoms with Crippen LogP contribution in [0.15, 0.2) is 0 Å². The van der Waals surface area contributed by atoms with Gasteiger partial charge in [0.15, 0.2) is 5.78 Å². The molecule has 0 saturated heterocycles. The molecule has 0 atom stereocenters. The Hall–Kier alpha value is -0.410. The van der Waals surface area contributed by atoms with Crippen molar-refractivity contribution in [2.24, 2.45) is 11.1 Å². The molecular weight excluding hydrogens is 142 g/mol. The van der Waals surface area contributed by atoms with E-state index in [4.69, 9.17) is 10.5 Å². The van der Waals surface area contributed by atoms with E-state index in [0.29, 0.717) is 13.2 Å². The fraction of sp³-hybridized carbons (Fsp3) is 0.875. The van der Waals surface area contributed by atoms with Gasteiger partial charge in [-0.05, 0) is 6.92 Å². The van der Waals surface area contributed by atoms with Crippen LogP contribution >= 0.6 is 0 Å². The Bertz CT molecular complexity index is 132. The third-order valence-corrected chi connectivity index (χ3v) is 1.70. The van der Waals surface area contributed by atoms with Crippen molar-refractivity contribution in [2.75, 3.05) is 19.8 Å². The molecule has 0 fully saturated rings. The number of nitrogens with two attached hydrogens (primary N) is 1. The molecule has 3 heteroatoms. The molecule has 0 bridgehead atoms. The first-order chi connectivity index (χ1) is 5.04. The van der Waals surface area contributed by atoms with Crippen molar-refractivity contribution in [3.05, 3.63) is 0 Å². The van der Waals surface area contributed by atoms with Crippen LogP contribution in [0.25, 0.3) is 0 Å². The molecule has 0 aromatic carbocycles. The number of hydrogen-bond acceptors (Lipinski definition) is 3. The molecule has 0 aliphatic heterocycles. The van der Waals surface area contributed by atoms with Crippen LogP contribution in [0.4, 0.5) is 0 Å². The smallest absolute Gasteiger partial charge is 0.165 e. The van der Waals surface area contributed by atoms with Crippen LogP contribution in [0.2, 0.25) is 0 Å². The van der Waals surface area contributed by atoms with Crippen LogP contribution in [-0.2, 0) is 9.53 Å². The van der Waals surface area contributed by atoms with Crippen molar-refractivity contribution in [3.8, 4) is 0 Å². The number of Topliss-reactive ketones (excluding diaryl/α,β-unsaturated/α-hetero) is 1.